The lowest BCUT2D eigenvalue weighted by molar-refractivity contribution is 0.0936. The van der Waals surface area contributed by atoms with Crippen LogP contribution in [0.25, 0.3) is 11.3 Å². The van der Waals surface area contributed by atoms with Crippen molar-refractivity contribution in [1.82, 2.24) is 25.3 Å². The molecule has 1 amide bonds. The van der Waals surface area contributed by atoms with Crippen molar-refractivity contribution >= 4 is 18.3 Å². The average molecular weight is 313 g/mol. The number of nitrogens with two attached hydrogens (primary N) is 1. The molecule has 4 N–H and O–H groups in total. The lowest BCUT2D eigenvalue weighted by Gasteiger charge is -2.09. The molecule has 0 fully saturated rings. The van der Waals surface area contributed by atoms with Crippen LogP contribution in [0, 0.1) is 13.8 Å². The predicted octanol–water partition coefficient (Wildman–Crippen LogP) is 0.926. The Morgan fingerprint density at radius 1 is 1.52 bits per heavy atom. The van der Waals surface area contributed by atoms with E-state index in [1.54, 1.807) is 10.7 Å². The smallest absolute Gasteiger partial charge is 0.269 e. The second-order valence-corrected chi connectivity index (χ2v) is 4.95. The van der Waals surface area contributed by atoms with Crippen molar-refractivity contribution < 1.29 is 4.79 Å². The largest absolute Gasteiger partial charge is 0.347 e. The van der Waals surface area contributed by atoms with E-state index in [1.807, 2.05) is 27.8 Å². The van der Waals surface area contributed by atoms with E-state index < -0.39 is 0 Å². The van der Waals surface area contributed by atoms with Crippen molar-refractivity contribution in [2.75, 3.05) is 6.54 Å². The van der Waals surface area contributed by atoms with Crippen molar-refractivity contribution in [1.29, 1.82) is 0 Å². The molecular weight excluding hydrogens is 292 g/mol. The SMILES string of the molecule is Cc1nn(C)c(C)c1-c1cc(C(=O)N[C@@H](C)CN)[nH]n1.Cl. The number of carbonyl (C=O) groups is 1. The third-order valence-electron chi connectivity index (χ3n) is 3.32. The van der Waals surface area contributed by atoms with E-state index in [2.05, 4.69) is 20.6 Å². The van der Waals surface area contributed by atoms with Gasteiger partial charge in [-0.25, -0.2) is 0 Å². The van der Waals surface area contributed by atoms with Crippen LogP contribution >= 0.6 is 12.4 Å². The number of nitrogens with zero attached hydrogens (tertiary/aromatic N) is 3. The van der Waals surface area contributed by atoms with Gasteiger partial charge < -0.3 is 11.1 Å². The molecule has 0 radical (unpaired) electrons. The van der Waals surface area contributed by atoms with Gasteiger partial charge in [0.2, 0.25) is 0 Å². The van der Waals surface area contributed by atoms with Crippen molar-refractivity contribution in [2.45, 2.75) is 26.8 Å². The zero-order valence-electron chi connectivity index (χ0n) is 12.6. The molecule has 0 aliphatic rings. The highest BCUT2D eigenvalue weighted by Gasteiger charge is 2.17. The summed E-state index contributed by atoms with van der Waals surface area (Å²) in [4.78, 5) is 12.0. The highest BCUT2D eigenvalue weighted by molar-refractivity contribution is 5.93. The van der Waals surface area contributed by atoms with Crippen molar-refractivity contribution in [3.63, 3.8) is 0 Å². The number of H-pyrrole nitrogens is 1. The van der Waals surface area contributed by atoms with E-state index in [0.29, 0.717) is 12.2 Å². The van der Waals surface area contributed by atoms with Crippen LogP contribution in [0.15, 0.2) is 6.07 Å². The maximum Gasteiger partial charge on any atom is 0.269 e. The summed E-state index contributed by atoms with van der Waals surface area (Å²) in [5.74, 6) is -0.208. The van der Waals surface area contributed by atoms with Crippen LogP contribution in [0.4, 0.5) is 0 Å². The third kappa shape index (κ3) is 3.43. The number of nitrogens with one attached hydrogen (secondary N) is 2. The molecule has 7 nitrogen and oxygen atoms in total. The minimum Gasteiger partial charge on any atom is -0.347 e. The van der Waals surface area contributed by atoms with E-state index in [9.17, 15) is 4.79 Å². The second kappa shape index (κ2) is 6.73. The molecule has 0 aromatic carbocycles. The molecular formula is C13H21ClN6O. The topological polar surface area (TPSA) is 102 Å². The predicted molar refractivity (Wildman–Crippen MR) is 83.5 cm³/mol. The summed E-state index contributed by atoms with van der Waals surface area (Å²) < 4.78 is 1.80. The highest BCUT2D eigenvalue weighted by Crippen LogP contribution is 2.25. The molecule has 8 heteroatoms. The summed E-state index contributed by atoms with van der Waals surface area (Å²) in [7, 11) is 1.88. The molecule has 0 unspecified atom stereocenters. The van der Waals surface area contributed by atoms with E-state index in [0.717, 1.165) is 22.6 Å². The molecule has 2 aromatic heterocycles. The summed E-state index contributed by atoms with van der Waals surface area (Å²) in [5, 5.41) is 14.1. The number of aromatic amines is 1. The molecule has 2 heterocycles. The molecule has 0 saturated heterocycles. The first-order chi connectivity index (χ1) is 9.43. The first-order valence-electron chi connectivity index (χ1n) is 6.51. The number of aryl methyl sites for hydroxylation is 2. The Kier molecular flexibility index (Phi) is 5.51. The van der Waals surface area contributed by atoms with Crippen LogP contribution in [0.5, 0.6) is 0 Å². The fourth-order valence-corrected chi connectivity index (χ4v) is 2.07. The standard InChI is InChI=1S/C13H20N6O.ClH/c1-7(6-14)15-13(20)11-5-10(16-17-11)12-8(2)18-19(4)9(12)3;/h5,7H,6,14H2,1-4H3,(H,15,20)(H,16,17);1H/t7-;/m0./s1. The molecule has 2 aromatic rings. The quantitative estimate of drug-likeness (QED) is 0.781. The minimum atomic E-state index is -0.208. The Bertz CT molecular complexity index is 633. The molecule has 2 rings (SSSR count). The van der Waals surface area contributed by atoms with Gasteiger partial charge in [0.05, 0.1) is 11.4 Å². The first-order valence-corrected chi connectivity index (χ1v) is 6.51. The normalized spacial score (nSPS) is 11.9. The molecule has 21 heavy (non-hydrogen) atoms. The Hall–Kier alpha value is -1.86. The van der Waals surface area contributed by atoms with Gasteiger partial charge in [0.1, 0.15) is 5.69 Å². The summed E-state index contributed by atoms with van der Waals surface area (Å²) in [6.45, 7) is 6.14. The van der Waals surface area contributed by atoms with Gasteiger partial charge in [-0.2, -0.15) is 10.2 Å². The summed E-state index contributed by atoms with van der Waals surface area (Å²) >= 11 is 0. The van der Waals surface area contributed by atoms with E-state index in [1.165, 1.54) is 0 Å². The highest BCUT2D eigenvalue weighted by atomic mass is 35.5. The molecule has 0 bridgehead atoms. The van der Waals surface area contributed by atoms with Gasteiger partial charge in [-0.05, 0) is 26.8 Å². The molecule has 0 aliphatic carbocycles. The number of halogens is 1. The van der Waals surface area contributed by atoms with E-state index >= 15 is 0 Å². The van der Waals surface area contributed by atoms with Crippen molar-refractivity contribution in [3.05, 3.63) is 23.1 Å². The van der Waals surface area contributed by atoms with Gasteiger partial charge >= 0.3 is 0 Å². The lowest BCUT2D eigenvalue weighted by Crippen LogP contribution is -2.37. The van der Waals surface area contributed by atoms with Crippen molar-refractivity contribution in [2.24, 2.45) is 12.8 Å². The van der Waals surface area contributed by atoms with E-state index in [-0.39, 0.29) is 24.4 Å². The second-order valence-electron chi connectivity index (χ2n) is 4.95. The van der Waals surface area contributed by atoms with Gasteiger partial charge in [0.25, 0.3) is 5.91 Å². The Morgan fingerprint density at radius 2 is 2.19 bits per heavy atom. The number of carbonyl (C=O) groups excluding carboxylic acids is 1. The zero-order valence-corrected chi connectivity index (χ0v) is 13.4. The number of aromatic nitrogens is 4. The first kappa shape index (κ1) is 17.2. The third-order valence-corrected chi connectivity index (χ3v) is 3.32. The van der Waals surface area contributed by atoms with E-state index in [4.69, 9.17) is 5.73 Å². The Morgan fingerprint density at radius 3 is 2.71 bits per heavy atom. The molecule has 0 saturated carbocycles. The average Bonchev–Trinajstić information content (AvgIpc) is 2.96. The maximum absolute atomic E-state index is 12.0. The van der Waals surface area contributed by atoms with Gasteiger partial charge in [0.15, 0.2) is 0 Å². The zero-order chi connectivity index (χ0) is 14.9. The van der Waals surface area contributed by atoms with Crippen LogP contribution in [0.2, 0.25) is 0 Å². The van der Waals surface area contributed by atoms with Crippen LogP contribution in [0.3, 0.4) is 0 Å². The van der Waals surface area contributed by atoms with Crippen LogP contribution in [0.1, 0.15) is 28.8 Å². The maximum atomic E-state index is 12.0. The Labute approximate surface area is 129 Å². The fraction of sp³-hybridized carbons (Fsp3) is 0.462. The number of amides is 1. The van der Waals surface area contributed by atoms with Gasteiger partial charge in [0, 0.05) is 30.9 Å². The number of hydrogen-bond donors (Lipinski definition) is 3. The Balaban J connectivity index is 0.00000220. The van der Waals surface area contributed by atoms with Gasteiger partial charge in [-0.3, -0.25) is 14.6 Å². The van der Waals surface area contributed by atoms with Crippen LogP contribution < -0.4 is 11.1 Å². The summed E-state index contributed by atoms with van der Waals surface area (Å²) in [6, 6.07) is 1.66. The molecule has 116 valence electrons. The van der Waals surface area contributed by atoms with Crippen LogP contribution in [-0.4, -0.2) is 38.5 Å². The molecule has 0 aliphatic heterocycles. The monoisotopic (exact) mass is 312 g/mol. The van der Waals surface area contributed by atoms with Crippen molar-refractivity contribution in [3.8, 4) is 11.3 Å². The summed E-state index contributed by atoms with van der Waals surface area (Å²) in [6.07, 6.45) is 0. The van der Waals surface area contributed by atoms with Crippen LogP contribution in [-0.2, 0) is 7.05 Å². The van der Waals surface area contributed by atoms with Gasteiger partial charge in [-0.15, -0.1) is 12.4 Å². The summed E-state index contributed by atoms with van der Waals surface area (Å²) in [5.41, 5.74) is 9.48. The number of rotatable bonds is 4. The molecule has 1 atom stereocenters. The molecule has 0 spiro atoms. The number of hydrogen-bond acceptors (Lipinski definition) is 4. The van der Waals surface area contributed by atoms with Gasteiger partial charge in [-0.1, -0.05) is 0 Å². The lowest BCUT2D eigenvalue weighted by atomic mass is 10.1. The fourth-order valence-electron chi connectivity index (χ4n) is 2.07. The minimum absolute atomic E-state index is 0.